The predicted octanol–water partition coefficient (Wildman–Crippen LogP) is 1.60. The third-order valence-corrected chi connectivity index (χ3v) is 2.98. The summed E-state index contributed by atoms with van der Waals surface area (Å²) in [6.45, 7) is 8.45. The molecule has 7 nitrogen and oxygen atoms in total. The Kier molecular flexibility index (Phi) is 3.88. The van der Waals surface area contributed by atoms with Gasteiger partial charge in [0.1, 0.15) is 17.3 Å². The Morgan fingerprint density at radius 2 is 2.05 bits per heavy atom. The van der Waals surface area contributed by atoms with Crippen molar-refractivity contribution < 1.29 is 9.18 Å². The molecule has 0 atom stereocenters. The molecule has 0 radical (unpaired) electrons. The number of anilines is 1. The second-order valence-electron chi connectivity index (χ2n) is 4.60. The van der Waals surface area contributed by atoms with Gasteiger partial charge in [0.15, 0.2) is 11.6 Å². The molecule has 0 aliphatic rings. The molecule has 0 saturated carbocycles. The van der Waals surface area contributed by atoms with Crippen LogP contribution < -0.4 is 5.32 Å². The summed E-state index contributed by atoms with van der Waals surface area (Å²) in [6.07, 6.45) is 0.578. The zero-order chi connectivity index (χ0) is 15.7. The van der Waals surface area contributed by atoms with Crippen LogP contribution in [0.15, 0.2) is 12.4 Å². The van der Waals surface area contributed by atoms with E-state index in [4.69, 9.17) is 0 Å². The molecule has 2 aromatic rings. The van der Waals surface area contributed by atoms with Gasteiger partial charge in [-0.05, 0) is 20.3 Å². The monoisotopic (exact) mass is 292 g/mol. The quantitative estimate of drug-likeness (QED) is 0.868. The predicted molar refractivity (Wildman–Crippen MR) is 75.9 cm³/mol. The molecule has 0 spiro atoms. The van der Waals surface area contributed by atoms with Crippen molar-refractivity contribution in [3.05, 3.63) is 29.7 Å². The molecule has 8 heteroatoms. The maximum absolute atomic E-state index is 13.0. The van der Waals surface area contributed by atoms with Crippen molar-refractivity contribution in [2.24, 2.45) is 7.05 Å². The average molecular weight is 292 g/mol. The van der Waals surface area contributed by atoms with Crippen LogP contribution in [-0.2, 0) is 18.3 Å². The van der Waals surface area contributed by atoms with Gasteiger partial charge in [0.25, 0.3) is 5.91 Å². The second-order valence-corrected chi connectivity index (χ2v) is 4.60. The van der Waals surface area contributed by atoms with E-state index >= 15 is 0 Å². The fourth-order valence-corrected chi connectivity index (χ4v) is 2.09. The molecule has 0 bridgehead atoms. The van der Waals surface area contributed by atoms with E-state index in [1.54, 1.807) is 30.3 Å². The van der Waals surface area contributed by atoms with E-state index in [0.717, 1.165) is 0 Å². The number of amides is 1. The van der Waals surface area contributed by atoms with Gasteiger partial charge in [0, 0.05) is 7.05 Å². The highest BCUT2D eigenvalue weighted by Crippen LogP contribution is 2.25. The van der Waals surface area contributed by atoms with E-state index in [2.05, 4.69) is 27.1 Å². The molecule has 21 heavy (non-hydrogen) atoms. The molecule has 0 unspecified atom stereocenters. The molecule has 0 aromatic carbocycles. The number of aromatic nitrogens is 5. The number of aryl methyl sites for hydroxylation is 4. The van der Waals surface area contributed by atoms with E-state index in [1.165, 1.54) is 0 Å². The molecule has 0 aliphatic heterocycles. The fraction of sp³-hybridized carbons (Fsp3) is 0.385. The van der Waals surface area contributed by atoms with Crippen LogP contribution in [0.25, 0.3) is 5.82 Å². The van der Waals surface area contributed by atoms with Gasteiger partial charge in [-0.15, -0.1) is 5.10 Å². The largest absolute Gasteiger partial charge is 0.315 e. The molecule has 2 aromatic heterocycles. The molecule has 0 fully saturated rings. The van der Waals surface area contributed by atoms with Gasteiger partial charge < -0.3 is 5.32 Å². The van der Waals surface area contributed by atoms with Crippen molar-refractivity contribution in [1.82, 2.24) is 24.5 Å². The zero-order valence-electron chi connectivity index (χ0n) is 12.4. The Hall–Kier alpha value is -2.51. The number of hydrogen-bond donors (Lipinski definition) is 1. The first-order valence-electron chi connectivity index (χ1n) is 6.47. The molecular formula is C13H17FN6O. The molecule has 0 aliphatic carbocycles. The van der Waals surface area contributed by atoms with Gasteiger partial charge in [-0.1, -0.05) is 13.5 Å². The lowest BCUT2D eigenvalue weighted by molar-refractivity contribution is -0.114. The first-order valence-corrected chi connectivity index (χ1v) is 6.47. The van der Waals surface area contributed by atoms with Crippen LogP contribution in [0.2, 0.25) is 0 Å². The number of halogens is 1. The Bertz CT molecular complexity index is 715. The number of nitrogens with zero attached hydrogens (tertiary/aromatic N) is 5. The SMILES string of the molecule is C=C(F)C(=O)Nc1c(CC)nn(C)c1-n1nc(C)nc1C. The summed E-state index contributed by atoms with van der Waals surface area (Å²) in [4.78, 5) is 15.8. The van der Waals surface area contributed by atoms with Gasteiger partial charge in [0.2, 0.25) is 0 Å². The standard InChI is InChI=1S/C13H17FN6O/c1-6-10-11(16-12(21)7(2)14)13(19(5)18-10)20-9(4)15-8(3)17-20/h2,6H2,1,3-5H3,(H,16,21). The van der Waals surface area contributed by atoms with Crippen LogP contribution in [0, 0.1) is 13.8 Å². The number of rotatable bonds is 4. The van der Waals surface area contributed by atoms with Crippen molar-refractivity contribution in [3.63, 3.8) is 0 Å². The Morgan fingerprint density at radius 3 is 2.52 bits per heavy atom. The summed E-state index contributed by atoms with van der Waals surface area (Å²) in [5, 5.41) is 11.1. The lowest BCUT2D eigenvalue weighted by Gasteiger charge is -2.08. The summed E-state index contributed by atoms with van der Waals surface area (Å²) in [6, 6.07) is 0. The van der Waals surface area contributed by atoms with E-state index in [1.807, 2.05) is 6.92 Å². The minimum absolute atomic E-state index is 0.414. The second kappa shape index (κ2) is 5.47. The maximum Gasteiger partial charge on any atom is 0.283 e. The van der Waals surface area contributed by atoms with E-state index < -0.39 is 11.7 Å². The number of nitrogens with one attached hydrogen (secondary N) is 1. The normalized spacial score (nSPS) is 10.7. The highest BCUT2D eigenvalue weighted by Gasteiger charge is 2.22. The fourth-order valence-electron chi connectivity index (χ4n) is 2.09. The molecular weight excluding hydrogens is 275 g/mol. The summed E-state index contributed by atoms with van der Waals surface area (Å²) in [5.74, 6) is -0.182. The van der Waals surface area contributed by atoms with Crippen molar-refractivity contribution in [2.45, 2.75) is 27.2 Å². The number of carbonyl (C=O) groups is 1. The van der Waals surface area contributed by atoms with Crippen LogP contribution in [0.3, 0.4) is 0 Å². The van der Waals surface area contributed by atoms with Gasteiger partial charge in [-0.2, -0.15) is 9.78 Å². The lowest BCUT2D eigenvalue weighted by Crippen LogP contribution is -2.15. The summed E-state index contributed by atoms with van der Waals surface area (Å²) in [7, 11) is 1.73. The zero-order valence-corrected chi connectivity index (χ0v) is 12.4. The van der Waals surface area contributed by atoms with Gasteiger partial charge in [-0.3, -0.25) is 4.79 Å². The van der Waals surface area contributed by atoms with Crippen LogP contribution >= 0.6 is 0 Å². The Labute approximate surface area is 121 Å². The van der Waals surface area contributed by atoms with Crippen LogP contribution in [0.5, 0.6) is 0 Å². The highest BCUT2D eigenvalue weighted by atomic mass is 19.1. The van der Waals surface area contributed by atoms with Crippen LogP contribution in [0.1, 0.15) is 24.3 Å². The third kappa shape index (κ3) is 2.69. The highest BCUT2D eigenvalue weighted by molar-refractivity contribution is 6.03. The van der Waals surface area contributed by atoms with E-state index in [0.29, 0.717) is 35.3 Å². The van der Waals surface area contributed by atoms with Crippen LogP contribution in [-0.4, -0.2) is 30.5 Å². The first kappa shape index (κ1) is 14.9. The number of carbonyl (C=O) groups excluding carboxylic acids is 1. The lowest BCUT2D eigenvalue weighted by atomic mass is 10.2. The van der Waals surface area contributed by atoms with Crippen molar-refractivity contribution in [2.75, 3.05) is 5.32 Å². The Morgan fingerprint density at radius 1 is 1.38 bits per heavy atom. The minimum Gasteiger partial charge on any atom is -0.315 e. The van der Waals surface area contributed by atoms with Gasteiger partial charge in [0.05, 0.1) is 5.69 Å². The Balaban J connectivity index is 2.60. The minimum atomic E-state index is -1.06. The van der Waals surface area contributed by atoms with Crippen molar-refractivity contribution in [3.8, 4) is 5.82 Å². The summed E-state index contributed by atoms with van der Waals surface area (Å²) >= 11 is 0. The van der Waals surface area contributed by atoms with Gasteiger partial charge in [-0.25, -0.2) is 14.1 Å². The topological polar surface area (TPSA) is 77.6 Å². The molecule has 2 rings (SSSR count). The molecule has 112 valence electrons. The van der Waals surface area contributed by atoms with Crippen molar-refractivity contribution in [1.29, 1.82) is 0 Å². The van der Waals surface area contributed by atoms with Gasteiger partial charge >= 0.3 is 0 Å². The number of hydrogen-bond acceptors (Lipinski definition) is 4. The van der Waals surface area contributed by atoms with Crippen LogP contribution in [0.4, 0.5) is 10.1 Å². The molecule has 1 N–H and O–H groups in total. The smallest absolute Gasteiger partial charge is 0.283 e. The first-order chi connectivity index (χ1) is 9.85. The molecule has 1 amide bonds. The summed E-state index contributed by atoms with van der Waals surface area (Å²) < 4.78 is 16.1. The maximum atomic E-state index is 13.0. The molecule has 0 saturated heterocycles. The average Bonchev–Trinajstić information content (AvgIpc) is 2.88. The summed E-state index contributed by atoms with van der Waals surface area (Å²) in [5.41, 5.74) is 1.05. The third-order valence-electron chi connectivity index (χ3n) is 2.98. The van der Waals surface area contributed by atoms with Crippen molar-refractivity contribution >= 4 is 11.6 Å². The van der Waals surface area contributed by atoms with E-state index in [9.17, 15) is 9.18 Å². The molecule has 2 heterocycles. The van der Waals surface area contributed by atoms with E-state index in [-0.39, 0.29) is 0 Å².